The SMILES string of the molecule is CCCCC(CN)Nc1ccc(S(N)(=O)=O)cc1F. The molecule has 1 aromatic carbocycles. The molecule has 0 saturated heterocycles. The summed E-state index contributed by atoms with van der Waals surface area (Å²) in [5, 5.41) is 7.91. The summed E-state index contributed by atoms with van der Waals surface area (Å²) >= 11 is 0. The molecule has 0 fully saturated rings. The number of anilines is 1. The average molecular weight is 289 g/mol. The second-order valence-corrected chi connectivity index (χ2v) is 5.97. The van der Waals surface area contributed by atoms with Crippen LogP contribution >= 0.6 is 0 Å². The standard InChI is InChI=1S/C12H20FN3O2S/c1-2-3-4-9(8-14)16-12-6-5-10(7-11(12)13)19(15,17)18/h5-7,9,16H,2-4,8,14H2,1H3,(H2,15,17,18). The van der Waals surface area contributed by atoms with E-state index in [1.807, 2.05) is 0 Å². The lowest BCUT2D eigenvalue weighted by molar-refractivity contribution is 0.587. The number of primary sulfonamides is 1. The van der Waals surface area contributed by atoms with E-state index >= 15 is 0 Å². The molecular weight excluding hydrogens is 269 g/mol. The van der Waals surface area contributed by atoms with E-state index < -0.39 is 15.8 Å². The maximum Gasteiger partial charge on any atom is 0.238 e. The van der Waals surface area contributed by atoms with Gasteiger partial charge in [-0.15, -0.1) is 0 Å². The number of halogens is 1. The van der Waals surface area contributed by atoms with Gasteiger partial charge in [-0.05, 0) is 24.6 Å². The lowest BCUT2D eigenvalue weighted by atomic mass is 10.1. The Morgan fingerprint density at radius 2 is 2.11 bits per heavy atom. The highest BCUT2D eigenvalue weighted by atomic mass is 32.2. The molecule has 0 aliphatic rings. The van der Waals surface area contributed by atoms with Crippen LogP contribution in [0.3, 0.4) is 0 Å². The molecule has 1 unspecified atom stereocenters. The van der Waals surface area contributed by atoms with E-state index in [2.05, 4.69) is 12.2 Å². The molecular formula is C12H20FN3O2S. The Balaban J connectivity index is 2.85. The molecule has 1 aromatic rings. The van der Waals surface area contributed by atoms with E-state index in [4.69, 9.17) is 10.9 Å². The smallest absolute Gasteiger partial charge is 0.238 e. The number of nitrogens with one attached hydrogen (secondary N) is 1. The zero-order valence-corrected chi connectivity index (χ0v) is 11.7. The molecule has 5 nitrogen and oxygen atoms in total. The first-order valence-corrected chi connectivity index (χ1v) is 7.72. The molecule has 0 aliphatic heterocycles. The second kappa shape index (κ2) is 6.83. The van der Waals surface area contributed by atoms with Crippen LogP contribution in [0.4, 0.5) is 10.1 Å². The van der Waals surface area contributed by atoms with Crippen molar-refractivity contribution in [3.63, 3.8) is 0 Å². The fraction of sp³-hybridized carbons (Fsp3) is 0.500. The Labute approximate surface area is 113 Å². The van der Waals surface area contributed by atoms with E-state index in [0.717, 1.165) is 25.3 Å². The Hall–Kier alpha value is -1.18. The van der Waals surface area contributed by atoms with E-state index in [1.54, 1.807) is 0 Å². The van der Waals surface area contributed by atoms with Crippen molar-refractivity contribution in [2.75, 3.05) is 11.9 Å². The van der Waals surface area contributed by atoms with Crippen LogP contribution in [0.25, 0.3) is 0 Å². The maximum absolute atomic E-state index is 13.8. The van der Waals surface area contributed by atoms with Crippen LogP contribution in [-0.4, -0.2) is 21.0 Å². The number of benzene rings is 1. The highest BCUT2D eigenvalue weighted by Gasteiger charge is 2.13. The van der Waals surface area contributed by atoms with E-state index in [0.29, 0.717) is 6.54 Å². The summed E-state index contributed by atoms with van der Waals surface area (Å²) in [7, 11) is -3.88. The monoisotopic (exact) mass is 289 g/mol. The van der Waals surface area contributed by atoms with Gasteiger partial charge < -0.3 is 11.1 Å². The quantitative estimate of drug-likeness (QED) is 0.706. The fourth-order valence-electron chi connectivity index (χ4n) is 1.71. The summed E-state index contributed by atoms with van der Waals surface area (Å²) in [5.41, 5.74) is 5.84. The van der Waals surface area contributed by atoms with Crippen LogP contribution in [0.15, 0.2) is 23.1 Å². The first-order valence-electron chi connectivity index (χ1n) is 6.17. The van der Waals surface area contributed by atoms with Gasteiger partial charge in [0.25, 0.3) is 0 Å². The molecule has 0 aromatic heterocycles. The lowest BCUT2D eigenvalue weighted by Gasteiger charge is -2.18. The minimum Gasteiger partial charge on any atom is -0.379 e. The van der Waals surface area contributed by atoms with Gasteiger partial charge in [0.15, 0.2) is 0 Å². The third kappa shape index (κ3) is 4.77. The molecule has 0 aliphatic carbocycles. The van der Waals surface area contributed by atoms with Crippen LogP contribution in [-0.2, 0) is 10.0 Å². The van der Waals surface area contributed by atoms with Crippen LogP contribution in [0.5, 0.6) is 0 Å². The van der Waals surface area contributed by atoms with Gasteiger partial charge in [0.05, 0.1) is 10.6 Å². The highest BCUT2D eigenvalue weighted by Crippen LogP contribution is 2.19. The molecule has 108 valence electrons. The molecule has 0 bridgehead atoms. The lowest BCUT2D eigenvalue weighted by Crippen LogP contribution is -2.29. The Bertz CT molecular complexity index is 520. The van der Waals surface area contributed by atoms with Gasteiger partial charge in [-0.1, -0.05) is 19.8 Å². The third-order valence-electron chi connectivity index (χ3n) is 2.82. The Kier molecular flexibility index (Phi) is 5.71. The van der Waals surface area contributed by atoms with Gasteiger partial charge in [0.2, 0.25) is 10.0 Å². The van der Waals surface area contributed by atoms with Gasteiger partial charge in [-0.25, -0.2) is 17.9 Å². The molecule has 0 saturated carbocycles. The number of unbranched alkanes of at least 4 members (excludes halogenated alkanes) is 1. The van der Waals surface area contributed by atoms with Gasteiger partial charge in [-0.2, -0.15) is 0 Å². The summed E-state index contributed by atoms with van der Waals surface area (Å²) in [5.74, 6) is -0.651. The van der Waals surface area contributed by atoms with E-state index in [-0.39, 0.29) is 16.6 Å². The molecule has 7 heteroatoms. The predicted molar refractivity (Wildman–Crippen MR) is 73.8 cm³/mol. The topological polar surface area (TPSA) is 98.2 Å². The second-order valence-electron chi connectivity index (χ2n) is 4.41. The average Bonchev–Trinajstić information content (AvgIpc) is 2.35. The van der Waals surface area contributed by atoms with Crippen LogP contribution < -0.4 is 16.2 Å². The van der Waals surface area contributed by atoms with Gasteiger partial charge in [0, 0.05) is 12.6 Å². The highest BCUT2D eigenvalue weighted by molar-refractivity contribution is 7.89. The van der Waals surface area contributed by atoms with Gasteiger partial charge in [-0.3, -0.25) is 0 Å². The van der Waals surface area contributed by atoms with Crippen LogP contribution in [0.1, 0.15) is 26.2 Å². The molecule has 0 spiro atoms. The summed E-state index contributed by atoms with van der Waals surface area (Å²) in [6, 6.07) is 3.51. The van der Waals surface area contributed by atoms with Crippen LogP contribution in [0, 0.1) is 5.82 Å². The Morgan fingerprint density at radius 3 is 2.58 bits per heavy atom. The largest absolute Gasteiger partial charge is 0.379 e. The van der Waals surface area contributed by atoms with E-state index in [1.165, 1.54) is 12.1 Å². The van der Waals surface area contributed by atoms with Crippen molar-refractivity contribution in [3.05, 3.63) is 24.0 Å². The van der Waals surface area contributed by atoms with Crippen molar-refractivity contribution in [3.8, 4) is 0 Å². The molecule has 0 radical (unpaired) electrons. The number of nitrogens with two attached hydrogens (primary N) is 2. The maximum atomic E-state index is 13.8. The van der Waals surface area contributed by atoms with Crippen molar-refractivity contribution in [2.24, 2.45) is 10.9 Å². The molecule has 5 N–H and O–H groups in total. The van der Waals surface area contributed by atoms with Gasteiger partial charge in [0.1, 0.15) is 5.82 Å². The van der Waals surface area contributed by atoms with E-state index in [9.17, 15) is 12.8 Å². The Morgan fingerprint density at radius 1 is 1.42 bits per heavy atom. The van der Waals surface area contributed by atoms with Crippen molar-refractivity contribution in [2.45, 2.75) is 37.1 Å². The molecule has 19 heavy (non-hydrogen) atoms. The molecule has 1 atom stereocenters. The predicted octanol–water partition coefficient (Wildman–Crippen LogP) is 1.40. The summed E-state index contributed by atoms with van der Waals surface area (Å²) in [6.45, 7) is 2.45. The number of sulfonamides is 1. The van der Waals surface area contributed by atoms with Gasteiger partial charge >= 0.3 is 0 Å². The van der Waals surface area contributed by atoms with Crippen molar-refractivity contribution >= 4 is 15.7 Å². The number of hydrogen-bond acceptors (Lipinski definition) is 4. The zero-order valence-electron chi connectivity index (χ0n) is 10.9. The summed E-state index contributed by atoms with van der Waals surface area (Å²) in [4.78, 5) is -0.242. The third-order valence-corrected chi connectivity index (χ3v) is 3.73. The van der Waals surface area contributed by atoms with Crippen molar-refractivity contribution in [1.82, 2.24) is 0 Å². The zero-order chi connectivity index (χ0) is 14.5. The van der Waals surface area contributed by atoms with Crippen molar-refractivity contribution in [1.29, 1.82) is 0 Å². The minimum atomic E-state index is -3.88. The molecule has 0 heterocycles. The summed E-state index contributed by atoms with van der Waals surface area (Å²) in [6.07, 6.45) is 2.86. The first-order chi connectivity index (χ1) is 8.88. The molecule has 1 rings (SSSR count). The first kappa shape index (κ1) is 15.9. The van der Waals surface area contributed by atoms with Crippen LogP contribution in [0.2, 0.25) is 0 Å². The fourth-order valence-corrected chi connectivity index (χ4v) is 2.23. The number of hydrogen-bond donors (Lipinski definition) is 3. The van der Waals surface area contributed by atoms with Crippen molar-refractivity contribution < 1.29 is 12.8 Å². The molecule has 0 amide bonds. The number of rotatable bonds is 7. The summed E-state index contributed by atoms with van der Waals surface area (Å²) < 4.78 is 35.9. The minimum absolute atomic E-state index is 0.0326. The normalized spacial score (nSPS) is 13.3.